The van der Waals surface area contributed by atoms with Crippen LogP contribution in [0.3, 0.4) is 0 Å². The van der Waals surface area contributed by atoms with Crippen molar-refractivity contribution < 1.29 is 14.0 Å². The van der Waals surface area contributed by atoms with Crippen molar-refractivity contribution in [2.24, 2.45) is 5.92 Å². The summed E-state index contributed by atoms with van der Waals surface area (Å²) < 4.78 is 5.80. The Bertz CT molecular complexity index is 805. The van der Waals surface area contributed by atoms with Crippen molar-refractivity contribution in [3.8, 4) is 11.3 Å². The smallest absolute Gasteiger partial charge is 0.224 e. The number of aryl methyl sites for hydroxylation is 1. The Morgan fingerprint density at radius 1 is 1.14 bits per heavy atom. The van der Waals surface area contributed by atoms with Crippen LogP contribution in [0.25, 0.3) is 11.3 Å². The Hall–Kier alpha value is -2.63. The highest BCUT2D eigenvalue weighted by molar-refractivity contribution is 5.79. The van der Waals surface area contributed by atoms with Gasteiger partial charge in [-0.3, -0.25) is 9.59 Å². The van der Waals surface area contributed by atoms with Gasteiger partial charge in [-0.05, 0) is 30.7 Å². The van der Waals surface area contributed by atoms with E-state index in [0.29, 0.717) is 43.4 Å². The van der Waals surface area contributed by atoms with Crippen LogP contribution < -0.4 is 5.32 Å². The van der Waals surface area contributed by atoms with E-state index in [1.165, 1.54) is 5.56 Å². The number of nitrogens with zero attached hydrogens (tertiary/aromatic N) is 2. The van der Waals surface area contributed by atoms with Gasteiger partial charge < -0.3 is 14.6 Å². The Labute approximate surface area is 172 Å². The van der Waals surface area contributed by atoms with Gasteiger partial charge in [-0.25, -0.2) is 4.98 Å². The van der Waals surface area contributed by atoms with Crippen molar-refractivity contribution in [3.63, 3.8) is 0 Å². The third kappa shape index (κ3) is 6.44. The number of hydrogen-bond acceptors (Lipinski definition) is 4. The lowest BCUT2D eigenvalue weighted by molar-refractivity contribution is -0.130. The van der Waals surface area contributed by atoms with Gasteiger partial charge in [0.25, 0.3) is 0 Å². The van der Waals surface area contributed by atoms with Crippen LogP contribution in [-0.4, -0.2) is 41.3 Å². The second-order valence-electron chi connectivity index (χ2n) is 8.10. The predicted octanol–water partition coefficient (Wildman–Crippen LogP) is 3.60. The summed E-state index contributed by atoms with van der Waals surface area (Å²) in [6.07, 6.45) is 6.03. The second-order valence-corrected chi connectivity index (χ2v) is 8.10. The SMILES string of the molecule is CC(C)Cc1ccc(-c2cnc(CCC(=O)NCCC(=O)N3CCCC3)o2)cc1. The van der Waals surface area contributed by atoms with Crippen molar-refractivity contribution >= 4 is 11.8 Å². The molecular formula is C23H31N3O3. The first kappa shape index (κ1) is 21.1. The van der Waals surface area contributed by atoms with Crippen LogP contribution in [0.2, 0.25) is 0 Å². The first-order valence-electron chi connectivity index (χ1n) is 10.6. The van der Waals surface area contributed by atoms with E-state index in [-0.39, 0.29) is 11.8 Å². The Balaban J connectivity index is 1.40. The molecule has 0 atom stereocenters. The van der Waals surface area contributed by atoms with Gasteiger partial charge in [0.05, 0.1) is 6.20 Å². The molecule has 1 fully saturated rings. The molecule has 3 rings (SSSR count). The molecule has 156 valence electrons. The third-order valence-electron chi connectivity index (χ3n) is 5.12. The molecule has 1 aromatic heterocycles. The van der Waals surface area contributed by atoms with E-state index in [1.54, 1.807) is 6.20 Å². The van der Waals surface area contributed by atoms with Crippen molar-refractivity contribution in [1.29, 1.82) is 0 Å². The zero-order valence-corrected chi connectivity index (χ0v) is 17.4. The van der Waals surface area contributed by atoms with Crippen molar-refractivity contribution in [2.75, 3.05) is 19.6 Å². The molecule has 1 N–H and O–H groups in total. The van der Waals surface area contributed by atoms with Crippen molar-refractivity contribution in [1.82, 2.24) is 15.2 Å². The van der Waals surface area contributed by atoms with E-state index in [4.69, 9.17) is 4.42 Å². The summed E-state index contributed by atoms with van der Waals surface area (Å²) in [6, 6.07) is 8.33. The minimum atomic E-state index is -0.0861. The standard InChI is InChI=1S/C23H31N3O3/c1-17(2)15-18-5-7-19(8-6-18)20-16-25-22(29-20)10-9-21(27)24-12-11-23(28)26-13-3-4-14-26/h5-8,16-17H,3-4,9-15H2,1-2H3,(H,24,27). The molecule has 0 bridgehead atoms. The number of oxazole rings is 1. The number of rotatable bonds is 9. The summed E-state index contributed by atoms with van der Waals surface area (Å²) >= 11 is 0. The number of hydrogen-bond donors (Lipinski definition) is 1. The normalized spacial score (nSPS) is 13.8. The van der Waals surface area contributed by atoms with E-state index in [9.17, 15) is 9.59 Å². The van der Waals surface area contributed by atoms with Gasteiger partial charge in [-0.15, -0.1) is 0 Å². The molecule has 0 spiro atoms. The Morgan fingerprint density at radius 2 is 1.86 bits per heavy atom. The van der Waals surface area contributed by atoms with Gasteiger partial charge in [-0.2, -0.15) is 0 Å². The highest BCUT2D eigenvalue weighted by atomic mass is 16.4. The number of aromatic nitrogens is 1. The maximum Gasteiger partial charge on any atom is 0.224 e. The number of likely N-dealkylation sites (tertiary alicyclic amines) is 1. The molecule has 1 aliphatic rings. The molecule has 1 aliphatic heterocycles. The van der Waals surface area contributed by atoms with Gasteiger partial charge in [0.2, 0.25) is 11.8 Å². The lowest BCUT2D eigenvalue weighted by atomic mass is 10.0. The molecule has 6 nitrogen and oxygen atoms in total. The zero-order valence-electron chi connectivity index (χ0n) is 17.4. The first-order valence-corrected chi connectivity index (χ1v) is 10.6. The van der Waals surface area contributed by atoms with Crippen LogP contribution in [0.15, 0.2) is 34.9 Å². The zero-order chi connectivity index (χ0) is 20.6. The fourth-order valence-electron chi connectivity index (χ4n) is 3.58. The maximum atomic E-state index is 12.0. The molecule has 0 saturated carbocycles. The number of benzene rings is 1. The highest BCUT2D eigenvalue weighted by Gasteiger charge is 2.17. The van der Waals surface area contributed by atoms with Gasteiger partial charge in [0.15, 0.2) is 11.7 Å². The minimum absolute atomic E-state index is 0.0861. The largest absolute Gasteiger partial charge is 0.441 e. The number of carbonyl (C=O) groups excluding carboxylic acids is 2. The molecule has 6 heteroatoms. The molecule has 2 heterocycles. The van der Waals surface area contributed by atoms with Gasteiger partial charge in [-0.1, -0.05) is 38.1 Å². The van der Waals surface area contributed by atoms with Crippen LogP contribution in [0, 0.1) is 5.92 Å². The molecule has 2 amide bonds. The molecule has 0 unspecified atom stereocenters. The molecule has 0 aliphatic carbocycles. The molecular weight excluding hydrogens is 366 g/mol. The fraction of sp³-hybridized carbons (Fsp3) is 0.522. The van der Waals surface area contributed by atoms with Crippen LogP contribution in [0.4, 0.5) is 0 Å². The van der Waals surface area contributed by atoms with Crippen molar-refractivity contribution in [2.45, 2.75) is 52.4 Å². The molecule has 29 heavy (non-hydrogen) atoms. The van der Waals surface area contributed by atoms with Gasteiger partial charge in [0, 0.05) is 44.5 Å². The summed E-state index contributed by atoms with van der Waals surface area (Å²) in [6.45, 7) is 6.49. The Kier molecular flexibility index (Phi) is 7.44. The molecule has 2 aromatic rings. The van der Waals surface area contributed by atoms with Crippen LogP contribution in [0.1, 0.15) is 51.0 Å². The molecule has 1 saturated heterocycles. The number of carbonyl (C=O) groups is 2. The van der Waals surface area contributed by atoms with Crippen LogP contribution in [0.5, 0.6) is 0 Å². The highest BCUT2D eigenvalue weighted by Crippen LogP contribution is 2.22. The van der Waals surface area contributed by atoms with Crippen molar-refractivity contribution in [3.05, 3.63) is 41.9 Å². The van der Waals surface area contributed by atoms with Gasteiger partial charge >= 0.3 is 0 Å². The topological polar surface area (TPSA) is 75.4 Å². The first-order chi connectivity index (χ1) is 14.0. The number of nitrogens with one attached hydrogen (secondary N) is 1. The van der Waals surface area contributed by atoms with Crippen LogP contribution in [-0.2, 0) is 22.4 Å². The molecule has 0 radical (unpaired) electrons. The second kappa shape index (κ2) is 10.2. The third-order valence-corrected chi connectivity index (χ3v) is 5.12. The van der Waals surface area contributed by atoms with E-state index in [0.717, 1.165) is 37.9 Å². The fourth-order valence-corrected chi connectivity index (χ4v) is 3.58. The molecule has 1 aromatic carbocycles. The van der Waals surface area contributed by atoms with Gasteiger partial charge in [0.1, 0.15) is 0 Å². The average molecular weight is 398 g/mol. The minimum Gasteiger partial charge on any atom is -0.441 e. The monoisotopic (exact) mass is 397 g/mol. The summed E-state index contributed by atoms with van der Waals surface area (Å²) in [4.78, 5) is 30.1. The number of amides is 2. The summed E-state index contributed by atoms with van der Waals surface area (Å²) in [7, 11) is 0. The van der Waals surface area contributed by atoms with E-state index in [2.05, 4.69) is 36.3 Å². The average Bonchev–Trinajstić information content (AvgIpc) is 3.39. The maximum absolute atomic E-state index is 12.0. The lowest BCUT2D eigenvalue weighted by Gasteiger charge is -2.15. The van der Waals surface area contributed by atoms with Crippen LogP contribution >= 0.6 is 0 Å². The summed E-state index contributed by atoms with van der Waals surface area (Å²) in [5.74, 6) is 1.93. The van der Waals surface area contributed by atoms with E-state index >= 15 is 0 Å². The lowest BCUT2D eigenvalue weighted by Crippen LogP contribution is -2.32. The quantitative estimate of drug-likeness (QED) is 0.701. The Morgan fingerprint density at radius 3 is 2.55 bits per heavy atom. The summed E-state index contributed by atoms with van der Waals surface area (Å²) in [5.41, 5.74) is 2.30. The predicted molar refractivity (Wildman–Crippen MR) is 112 cm³/mol. The summed E-state index contributed by atoms with van der Waals surface area (Å²) in [5, 5.41) is 2.81. The van der Waals surface area contributed by atoms with E-state index < -0.39 is 0 Å². The van der Waals surface area contributed by atoms with E-state index in [1.807, 2.05) is 17.0 Å².